The lowest BCUT2D eigenvalue weighted by Gasteiger charge is -2.31. The van der Waals surface area contributed by atoms with Crippen LogP contribution < -0.4 is 10.1 Å². The first kappa shape index (κ1) is 27.4. The fourth-order valence-electron chi connectivity index (χ4n) is 3.28. The lowest BCUT2D eigenvalue weighted by atomic mass is 10.1. The molecule has 0 spiro atoms. The summed E-state index contributed by atoms with van der Waals surface area (Å²) in [5.41, 5.74) is 1.74. The van der Waals surface area contributed by atoms with Crippen molar-refractivity contribution in [2.45, 2.75) is 58.0 Å². The standard InChI is InChI=1S/C25H32Cl2N2O3S/c1-5-17(3)28-25(31)23(6-2)29(14-18-10-12-19(32-4)13-11-18)24(30)16-33-15-20-21(26)8-7-9-22(20)27/h7-13,17,23H,5-6,14-16H2,1-4H3,(H,28,31)/t17-,23-/m0/s1. The molecule has 0 radical (unpaired) electrons. The molecule has 0 heterocycles. The topological polar surface area (TPSA) is 58.6 Å². The summed E-state index contributed by atoms with van der Waals surface area (Å²) in [5, 5.41) is 4.18. The number of halogens is 2. The minimum Gasteiger partial charge on any atom is -0.497 e. The summed E-state index contributed by atoms with van der Waals surface area (Å²) in [6.07, 6.45) is 1.34. The molecular weight excluding hydrogens is 479 g/mol. The molecule has 0 aliphatic carbocycles. The number of hydrogen-bond acceptors (Lipinski definition) is 4. The van der Waals surface area contributed by atoms with E-state index in [4.69, 9.17) is 27.9 Å². The van der Waals surface area contributed by atoms with Crippen LogP contribution in [0.25, 0.3) is 0 Å². The van der Waals surface area contributed by atoms with E-state index < -0.39 is 6.04 Å². The van der Waals surface area contributed by atoms with Gasteiger partial charge in [0.1, 0.15) is 11.8 Å². The molecule has 5 nitrogen and oxygen atoms in total. The number of thioether (sulfide) groups is 1. The van der Waals surface area contributed by atoms with Crippen molar-refractivity contribution in [2.24, 2.45) is 0 Å². The molecule has 0 aromatic heterocycles. The van der Waals surface area contributed by atoms with Crippen LogP contribution >= 0.6 is 35.0 Å². The fourth-order valence-corrected chi connectivity index (χ4v) is 4.93. The van der Waals surface area contributed by atoms with Gasteiger partial charge in [-0.25, -0.2) is 0 Å². The third-order valence-electron chi connectivity index (χ3n) is 5.43. The number of rotatable bonds is 12. The van der Waals surface area contributed by atoms with Gasteiger partial charge in [0.15, 0.2) is 0 Å². The Morgan fingerprint density at radius 3 is 2.24 bits per heavy atom. The van der Waals surface area contributed by atoms with Crippen LogP contribution in [-0.2, 0) is 21.9 Å². The zero-order chi connectivity index (χ0) is 24.4. The Hall–Kier alpha value is -1.89. The summed E-state index contributed by atoms with van der Waals surface area (Å²) < 4.78 is 5.23. The third kappa shape index (κ3) is 8.13. The van der Waals surface area contributed by atoms with Crippen molar-refractivity contribution in [2.75, 3.05) is 12.9 Å². The van der Waals surface area contributed by atoms with E-state index in [2.05, 4.69) is 5.32 Å². The van der Waals surface area contributed by atoms with Gasteiger partial charge >= 0.3 is 0 Å². The lowest BCUT2D eigenvalue weighted by molar-refractivity contribution is -0.139. The molecule has 2 rings (SSSR count). The molecule has 33 heavy (non-hydrogen) atoms. The van der Waals surface area contributed by atoms with E-state index in [9.17, 15) is 9.59 Å². The SMILES string of the molecule is CC[C@H](C)NC(=O)[C@H](CC)N(Cc1ccc(OC)cc1)C(=O)CSCc1c(Cl)cccc1Cl. The number of nitrogens with one attached hydrogen (secondary N) is 1. The van der Waals surface area contributed by atoms with Gasteiger partial charge in [-0.15, -0.1) is 11.8 Å². The molecule has 0 aliphatic rings. The quantitative estimate of drug-likeness (QED) is 0.382. The molecule has 0 unspecified atom stereocenters. The van der Waals surface area contributed by atoms with Crippen LogP contribution in [0.5, 0.6) is 5.75 Å². The largest absolute Gasteiger partial charge is 0.497 e. The Morgan fingerprint density at radius 2 is 1.70 bits per heavy atom. The van der Waals surface area contributed by atoms with E-state index >= 15 is 0 Å². The fraction of sp³-hybridized carbons (Fsp3) is 0.440. The molecule has 180 valence electrons. The summed E-state index contributed by atoms with van der Waals surface area (Å²) in [4.78, 5) is 28.0. The van der Waals surface area contributed by atoms with Crippen LogP contribution in [0.1, 0.15) is 44.7 Å². The highest BCUT2D eigenvalue weighted by Crippen LogP contribution is 2.28. The summed E-state index contributed by atoms with van der Waals surface area (Å²) in [5.74, 6) is 1.23. The Labute approximate surface area is 211 Å². The van der Waals surface area contributed by atoms with Crippen molar-refractivity contribution >= 4 is 46.8 Å². The lowest BCUT2D eigenvalue weighted by Crippen LogP contribution is -2.51. The van der Waals surface area contributed by atoms with Gasteiger partial charge in [0.25, 0.3) is 0 Å². The molecule has 2 atom stereocenters. The Morgan fingerprint density at radius 1 is 1.06 bits per heavy atom. The molecule has 2 amide bonds. The van der Waals surface area contributed by atoms with Crippen molar-refractivity contribution < 1.29 is 14.3 Å². The molecule has 0 fully saturated rings. The highest BCUT2D eigenvalue weighted by Gasteiger charge is 2.29. The monoisotopic (exact) mass is 510 g/mol. The molecule has 1 N–H and O–H groups in total. The van der Waals surface area contributed by atoms with Crippen LogP contribution in [0.4, 0.5) is 0 Å². The van der Waals surface area contributed by atoms with Gasteiger partial charge in [0.05, 0.1) is 12.9 Å². The van der Waals surface area contributed by atoms with E-state index in [1.165, 1.54) is 11.8 Å². The van der Waals surface area contributed by atoms with Crippen molar-refractivity contribution in [3.05, 3.63) is 63.6 Å². The van der Waals surface area contributed by atoms with Crippen molar-refractivity contribution in [3.63, 3.8) is 0 Å². The van der Waals surface area contributed by atoms with Gasteiger partial charge in [-0.1, -0.05) is 55.2 Å². The van der Waals surface area contributed by atoms with Crippen LogP contribution in [0, 0.1) is 0 Å². The second kappa shape index (κ2) is 13.7. The average Bonchev–Trinajstić information content (AvgIpc) is 2.81. The molecule has 0 saturated carbocycles. The highest BCUT2D eigenvalue weighted by atomic mass is 35.5. The summed E-state index contributed by atoms with van der Waals surface area (Å²) in [6.45, 7) is 6.24. The minimum absolute atomic E-state index is 0.0428. The number of nitrogens with zero attached hydrogens (tertiary/aromatic N) is 1. The first-order valence-corrected chi connectivity index (χ1v) is 12.9. The highest BCUT2D eigenvalue weighted by molar-refractivity contribution is 7.99. The first-order chi connectivity index (χ1) is 15.8. The summed E-state index contributed by atoms with van der Waals surface area (Å²) >= 11 is 14.0. The molecule has 0 aliphatic heterocycles. The number of benzene rings is 2. The number of carbonyl (C=O) groups excluding carboxylic acids is 2. The Kier molecular flexibility index (Phi) is 11.4. The molecule has 2 aromatic rings. The van der Waals surface area contributed by atoms with E-state index in [0.29, 0.717) is 28.8 Å². The molecule has 0 bridgehead atoms. The van der Waals surface area contributed by atoms with Crippen molar-refractivity contribution in [1.82, 2.24) is 10.2 Å². The van der Waals surface area contributed by atoms with Gasteiger partial charge < -0.3 is 15.0 Å². The number of carbonyl (C=O) groups is 2. The zero-order valence-corrected chi connectivity index (χ0v) is 21.9. The van der Waals surface area contributed by atoms with Crippen LogP contribution in [0.15, 0.2) is 42.5 Å². The van der Waals surface area contributed by atoms with Gasteiger partial charge in [-0.05, 0) is 55.2 Å². The smallest absolute Gasteiger partial charge is 0.243 e. The molecule has 2 aromatic carbocycles. The summed E-state index contributed by atoms with van der Waals surface area (Å²) in [6, 6.07) is 12.4. The number of amides is 2. The van der Waals surface area contributed by atoms with E-state index in [-0.39, 0.29) is 23.6 Å². The summed E-state index contributed by atoms with van der Waals surface area (Å²) in [7, 11) is 1.61. The van der Waals surface area contributed by atoms with Crippen LogP contribution in [0.2, 0.25) is 10.0 Å². The van der Waals surface area contributed by atoms with Gasteiger partial charge in [0.2, 0.25) is 11.8 Å². The van der Waals surface area contributed by atoms with Crippen LogP contribution in [-0.4, -0.2) is 41.7 Å². The maximum atomic E-state index is 13.3. The number of ether oxygens (including phenoxy) is 1. The Balaban J connectivity index is 2.18. The number of methoxy groups -OCH3 is 1. The van der Waals surface area contributed by atoms with E-state index in [1.54, 1.807) is 30.2 Å². The molecule has 8 heteroatoms. The average molecular weight is 512 g/mol. The predicted molar refractivity (Wildman–Crippen MR) is 138 cm³/mol. The van der Waals surface area contributed by atoms with Crippen molar-refractivity contribution in [1.29, 1.82) is 0 Å². The maximum Gasteiger partial charge on any atom is 0.243 e. The Bertz CT molecular complexity index is 904. The molecule has 0 saturated heterocycles. The second-order valence-corrected chi connectivity index (χ2v) is 9.60. The van der Waals surface area contributed by atoms with Gasteiger partial charge in [-0.2, -0.15) is 0 Å². The van der Waals surface area contributed by atoms with Crippen molar-refractivity contribution in [3.8, 4) is 5.75 Å². The van der Waals surface area contributed by atoms with Gasteiger partial charge in [-0.3, -0.25) is 9.59 Å². The minimum atomic E-state index is -0.557. The predicted octanol–water partition coefficient (Wildman–Crippen LogP) is 5.96. The first-order valence-electron chi connectivity index (χ1n) is 11.0. The van der Waals surface area contributed by atoms with E-state index in [0.717, 1.165) is 23.3 Å². The number of hydrogen-bond donors (Lipinski definition) is 1. The molecular formula is C25H32Cl2N2O3S. The van der Waals surface area contributed by atoms with E-state index in [1.807, 2.05) is 45.0 Å². The van der Waals surface area contributed by atoms with Crippen LogP contribution in [0.3, 0.4) is 0 Å². The zero-order valence-electron chi connectivity index (χ0n) is 19.6. The maximum absolute atomic E-state index is 13.3. The second-order valence-electron chi connectivity index (χ2n) is 7.80. The normalized spacial score (nSPS) is 12.7. The van der Waals surface area contributed by atoms with Gasteiger partial charge in [0, 0.05) is 28.4 Å². The third-order valence-corrected chi connectivity index (χ3v) is 7.08.